The van der Waals surface area contributed by atoms with Crippen LogP contribution in [0.25, 0.3) is 0 Å². The fourth-order valence-electron chi connectivity index (χ4n) is 1.51. The third-order valence-electron chi connectivity index (χ3n) is 2.61. The molecule has 0 heterocycles. The Hall–Kier alpha value is -1.02. The Morgan fingerprint density at radius 3 is 2.64 bits per heavy atom. The number of hydrogen-bond donors (Lipinski definition) is 1. The van der Waals surface area contributed by atoms with Crippen molar-refractivity contribution >= 4 is 5.69 Å². The molecule has 0 atom stereocenters. The SMILES string of the molecule is c1ccc(NCCOC2CCC2)cc1. The van der Waals surface area contributed by atoms with Gasteiger partial charge in [-0.25, -0.2) is 0 Å². The lowest BCUT2D eigenvalue weighted by Crippen LogP contribution is -2.24. The summed E-state index contributed by atoms with van der Waals surface area (Å²) >= 11 is 0. The Bertz CT molecular complexity index is 256. The molecule has 2 heteroatoms. The van der Waals surface area contributed by atoms with Crippen LogP contribution in [0.3, 0.4) is 0 Å². The smallest absolute Gasteiger partial charge is 0.0642 e. The molecule has 0 aliphatic heterocycles. The first-order chi connectivity index (χ1) is 6.95. The van der Waals surface area contributed by atoms with E-state index in [1.807, 2.05) is 18.2 Å². The molecule has 0 spiro atoms. The zero-order valence-corrected chi connectivity index (χ0v) is 8.41. The van der Waals surface area contributed by atoms with Crippen LogP contribution in [0.1, 0.15) is 19.3 Å². The molecule has 0 bridgehead atoms. The average Bonchev–Trinajstić information content (AvgIpc) is 2.16. The normalized spacial score (nSPS) is 16.3. The molecular weight excluding hydrogens is 174 g/mol. The van der Waals surface area contributed by atoms with Crippen molar-refractivity contribution in [1.29, 1.82) is 0 Å². The highest BCUT2D eigenvalue weighted by atomic mass is 16.5. The molecule has 1 fully saturated rings. The molecule has 1 aliphatic carbocycles. The fourth-order valence-corrected chi connectivity index (χ4v) is 1.51. The van der Waals surface area contributed by atoms with E-state index in [0.717, 1.165) is 13.2 Å². The lowest BCUT2D eigenvalue weighted by atomic mass is 9.96. The molecule has 0 unspecified atom stereocenters. The van der Waals surface area contributed by atoms with Crippen molar-refractivity contribution in [2.75, 3.05) is 18.5 Å². The van der Waals surface area contributed by atoms with E-state index in [1.54, 1.807) is 0 Å². The number of nitrogens with one attached hydrogen (secondary N) is 1. The minimum Gasteiger partial charge on any atom is -0.383 e. The quantitative estimate of drug-likeness (QED) is 0.722. The van der Waals surface area contributed by atoms with Gasteiger partial charge in [-0.2, -0.15) is 0 Å². The molecule has 0 amide bonds. The van der Waals surface area contributed by atoms with E-state index in [1.165, 1.54) is 24.9 Å². The Morgan fingerprint density at radius 1 is 1.21 bits per heavy atom. The third-order valence-corrected chi connectivity index (χ3v) is 2.61. The number of benzene rings is 1. The van der Waals surface area contributed by atoms with Crippen LogP contribution in [0.5, 0.6) is 0 Å². The zero-order valence-electron chi connectivity index (χ0n) is 8.41. The van der Waals surface area contributed by atoms with Gasteiger partial charge in [-0.1, -0.05) is 18.2 Å². The van der Waals surface area contributed by atoms with Crippen molar-refractivity contribution in [2.24, 2.45) is 0 Å². The van der Waals surface area contributed by atoms with Gasteiger partial charge in [-0.15, -0.1) is 0 Å². The van der Waals surface area contributed by atoms with Gasteiger partial charge in [0.25, 0.3) is 0 Å². The Balaban J connectivity index is 1.58. The van der Waals surface area contributed by atoms with Gasteiger partial charge in [0.05, 0.1) is 12.7 Å². The summed E-state index contributed by atoms with van der Waals surface area (Å²) < 4.78 is 5.64. The molecule has 1 aromatic rings. The van der Waals surface area contributed by atoms with E-state index >= 15 is 0 Å². The zero-order chi connectivity index (χ0) is 9.64. The number of rotatable bonds is 5. The standard InChI is InChI=1S/C12H17NO/c1-2-5-11(6-3-1)13-9-10-14-12-7-4-8-12/h1-3,5-6,12-13H,4,7-10H2. The second kappa shape index (κ2) is 5.01. The summed E-state index contributed by atoms with van der Waals surface area (Å²) in [5, 5.41) is 3.32. The van der Waals surface area contributed by atoms with Crippen LogP contribution < -0.4 is 5.32 Å². The summed E-state index contributed by atoms with van der Waals surface area (Å²) in [5.74, 6) is 0. The third kappa shape index (κ3) is 2.74. The predicted molar refractivity (Wildman–Crippen MR) is 58.5 cm³/mol. The first kappa shape index (κ1) is 9.53. The summed E-state index contributed by atoms with van der Waals surface area (Å²) in [7, 11) is 0. The van der Waals surface area contributed by atoms with Gasteiger partial charge in [0.2, 0.25) is 0 Å². The highest BCUT2D eigenvalue weighted by Gasteiger charge is 2.16. The van der Waals surface area contributed by atoms with E-state index in [9.17, 15) is 0 Å². The highest BCUT2D eigenvalue weighted by molar-refractivity contribution is 5.42. The van der Waals surface area contributed by atoms with E-state index in [4.69, 9.17) is 4.74 Å². The van der Waals surface area contributed by atoms with Crippen molar-refractivity contribution in [1.82, 2.24) is 0 Å². The van der Waals surface area contributed by atoms with Crippen LogP contribution in [0, 0.1) is 0 Å². The molecule has 2 nitrogen and oxygen atoms in total. The van der Waals surface area contributed by atoms with Crippen LogP contribution >= 0.6 is 0 Å². The van der Waals surface area contributed by atoms with Crippen LogP contribution in [-0.2, 0) is 4.74 Å². The highest BCUT2D eigenvalue weighted by Crippen LogP contribution is 2.21. The van der Waals surface area contributed by atoms with Gasteiger partial charge < -0.3 is 10.1 Å². The van der Waals surface area contributed by atoms with E-state index in [-0.39, 0.29) is 0 Å². The second-order valence-corrected chi connectivity index (χ2v) is 3.72. The molecule has 1 N–H and O–H groups in total. The number of anilines is 1. The van der Waals surface area contributed by atoms with E-state index in [2.05, 4.69) is 17.4 Å². The summed E-state index contributed by atoms with van der Waals surface area (Å²) in [6.45, 7) is 1.72. The average molecular weight is 191 g/mol. The molecule has 0 aromatic heterocycles. The molecule has 0 radical (unpaired) electrons. The molecule has 2 rings (SSSR count). The molecule has 1 aromatic carbocycles. The van der Waals surface area contributed by atoms with E-state index < -0.39 is 0 Å². The Kier molecular flexibility index (Phi) is 3.41. The van der Waals surface area contributed by atoms with Gasteiger partial charge in [-0.05, 0) is 31.4 Å². The van der Waals surface area contributed by atoms with Gasteiger partial charge in [0.15, 0.2) is 0 Å². The Morgan fingerprint density at radius 2 is 2.00 bits per heavy atom. The maximum absolute atomic E-state index is 5.64. The largest absolute Gasteiger partial charge is 0.383 e. The minimum absolute atomic E-state index is 0.549. The first-order valence-corrected chi connectivity index (χ1v) is 5.36. The maximum Gasteiger partial charge on any atom is 0.0642 e. The van der Waals surface area contributed by atoms with Crippen molar-refractivity contribution in [2.45, 2.75) is 25.4 Å². The van der Waals surface area contributed by atoms with Gasteiger partial charge >= 0.3 is 0 Å². The van der Waals surface area contributed by atoms with Gasteiger partial charge in [-0.3, -0.25) is 0 Å². The van der Waals surface area contributed by atoms with Crippen LogP contribution in [0.4, 0.5) is 5.69 Å². The molecule has 14 heavy (non-hydrogen) atoms. The first-order valence-electron chi connectivity index (χ1n) is 5.36. The van der Waals surface area contributed by atoms with Crippen LogP contribution in [0.2, 0.25) is 0 Å². The van der Waals surface area contributed by atoms with Crippen molar-refractivity contribution in [3.05, 3.63) is 30.3 Å². The van der Waals surface area contributed by atoms with Crippen molar-refractivity contribution in [3.8, 4) is 0 Å². The van der Waals surface area contributed by atoms with E-state index in [0.29, 0.717) is 6.10 Å². The topological polar surface area (TPSA) is 21.3 Å². The number of para-hydroxylation sites is 1. The summed E-state index contributed by atoms with van der Waals surface area (Å²) in [6, 6.07) is 10.2. The van der Waals surface area contributed by atoms with Crippen LogP contribution in [0.15, 0.2) is 30.3 Å². The lowest BCUT2D eigenvalue weighted by molar-refractivity contribution is 0.00812. The molecule has 1 saturated carbocycles. The molecule has 76 valence electrons. The van der Waals surface area contributed by atoms with Crippen molar-refractivity contribution in [3.63, 3.8) is 0 Å². The van der Waals surface area contributed by atoms with Crippen molar-refractivity contribution < 1.29 is 4.74 Å². The number of ether oxygens (including phenoxy) is 1. The monoisotopic (exact) mass is 191 g/mol. The summed E-state index contributed by atoms with van der Waals surface area (Å²) in [6.07, 6.45) is 4.40. The van der Waals surface area contributed by atoms with Gasteiger partial charge in [0.1, 0.15) is 0 Å². The molecule has 1 aliphatic rings. The molecule has 0 saturated heterocycles. The predicted octanol–water partition coefficient (Wildman–Crippen LogP) is 2.67. The lowest BCUT2D eigenvalue weighted by Gasteiger charge is -2.25. The Labute approximate surface area is 85.3 Å². The summed E-state index contributed by atoms with van der Waals surface area (Å²) in [4.78, 5) is 0. The maximum atomic E-state index is 5.64. The minimum atomic E-state index is 0.549. The number of hydrogen-bond acceptors (Lipinski definition) is 2. The second-order valence-electron chi connectivity index (χ2n) is 3.72. The van der Waals surface area contributed by atoms with Crippen LogP contribution in [-0.4, -0.2) is 19.3 Å². The fraction of sp³-hybridized carbons (Fsp3) is 0.500. The molecular formula is C12H17NO. The summed E-state index contributed by atoms with van der Waals surface area (Å²) in [5.41, 5.74) is 1.17. The van der Waals surface area contributed by atoms with Gasteiger partial charge in [0, 0.05) is 12.2 Å².